The number of benzene rings is 1. The Morgan fingerprint density at radius 1 is 1.20 bits per heavy atom. The molecule has 0 spiro atoms. The molecule has 4 nitrogen and oxygen atoms in total. The van der Waals surface area contributed by atoms with E-state index in [1.807, 2.05) is 18.2 Å². The van der Waals surface area contributed by atoms with Crippen LogP contribution in [0.5, 0.6) is 0 Å². The van der Waals surface area contributed by atoms with Crippen LogP contribution < -0.4 is 9.88 Å². The molecule has 4 heteroatoms. The third-order valence-corrected chi connectivity index (χ3v) is 2.68. The van der Waals surface area contributed by atoms with Crippen LogP contribution in [0.1, 0.15) is 6.42 Å². The number of hydrogen-bond acceptors (Lipinski definition) is 2. The molecular formula is C11H13N4+. The van der Waals surface area contributed by atoms with E-state index in [-0.39, 0.29) is 0 Å². The number of fused-ring (bicyclic) bond motifs is 1. The minimum Gasteiger partial charge on any atom is -0.292 e. The predicted molar refractivity (Wildman–Crippen MR) is 57.3 cm³/mol. The lowest BCUT2D eigenvalue weighted by Crippen LogP contribution is -2.42. The molecule has 15 heavy (non-hydrogen) atoms. The number of hydrogen-bond donors (Lipinski definition) is 2. The van der Waals surface area contributed by atoms with Gasteiger partial charge in [0.05, 0.1) is 13.1 Å². The molecule has 76 valence electrons. The Morgan fingerprint density at radius 3 is 2.93 bits per heavy atom. The van der Waals surface area contributed by atoms with Crippen molar-refractivity contribution >= 4 is 5.95 Å². The second-order valence-corrected chi connectivity index (χ2v) is 3.69. The van der Waals surface area contributed by atoms with Gasteiger partial charge >= 0.3 is 5.95 Å². The van der Waals surface area contributed by atoms with Gasteiger partial charge < -0.3 is 0 Å². The third kappa shape index (κ3) is 1.38. The lowest BCUT2D eigenvalue weighted by molar-refractivity contribution is -0.675. The summed E-state index contributed by atoms with van der Waals surface area (Å²) < 4.78 is 2.19. The highest BCUT2D eigenvalue weighted by Gasteiger charge is 2.22. The maximum absolute atomic E-state index is 4.26. The summed E-state index contributed by atoms with van der Waals surface area (Å²) in [5.41, 5.74) is 1.18. The van der Waals surface area contributed by atoms with Gasteiger partial charge in [-0.1, -0.05) is 18.2 Å². The van der Waals surface area contributed by atoms with Crippen molar-refractivity contribution in [3.63, 3.8) is 0 Å². The predicted octanol–water partition coefficient (Wildman–Crippen LogP) is 1.18. The molecule has 0 amide bonds. The number of rotatable bonds is 1. The van der Waals surface area contributed by atoms with E-state index >= 15 is 0 Å². The summed E-state index contributed by atoms with van der Waals surface area (Å²) in [4.78, 5) is 0. The SMILES string of the molecule is c1ccc(-c2[nH]nc3[n+]2CCCN3)cc1. The second-order valence-electron chi connectivity index (χ2n) is 3.69. The molecule has 3 rings (SSSR count). The van der Waals surface area contributed by atoms with Crippen molar-refractivity contribution in [2.45, 2.75) is 13.0 Å². The van der Waals surface area contributed by atoms with Crippen molar-refractivity contribution in [2.75, 3.05) is 11.9 Å². The van der Waals surface area contributed by atoms with E-state index < -0.39 is 0 Å². The molecule has 0 radical (unpaired) electrons. The smallest absolute Gasteiger partial charge is 0.292 e. The fourth-order valence-corrected chi connectivity index (χ4v) is 1.94. The molecule has 2 N–H and O–H groups in total. The molecule has 0 unspecified atom stereocenters. The lowest BCUT2D eigenvalue weighted by atomic mass is 10.2. The number of anilines is 1. The summed E-state index contributed by atoms with van der Waals surface area (Å²) in [5.74, 6) is 2.03. The Balaban J connectivity index is 2.09. The van der Waals surface area contributed by atoms with Crippen molar-refractivity contribution < 1.29 is 4.57 Å². The summed E-state index contributed by atoms with van der Waals surface area (Å²) in [6.07, 6.45) is 1.15. The molecule has 1 aromatic carbocycles. The number of H-pyrrole nitrogens is 1. The summed E-state index contributed by atoms with van der Waals surface area (Å²) in [5, 5.41) is 10.6. The van der Waals surface area contributed by atoms with Gasteiger partial charge in [0.1, 0.15) is 0 Å². The number of nitrogens with one attached hydrogen (secondary N) is 2. The number of nitrogens with zero attached hydrogens (tertiary/aromatic N) is 2. The first-order chi connectivity index (χ1) is 7.45. The van der Waals surface area contributed by atoms with E-state index in [0.29, 0.717) is 0 Å². The van der Waals surface area contributed by atoms with Crippen molar-refractivity contribution in [3.8, 4) is 11.4 Å². The van der Waals surface area contributed by atoms with Gasteiger partial charge in [0.2, 0.25) is 5.82 Å². The molecule has 2 heterocycles. The number of aromatic nitrogens is 3. The van der Waals surface area contributed by atoms with Crippen LogP contribution in [0, 0.1) is 0 Å². The average Bonchev–Trinajstić information content (AvgIpc) is 2.74. The average molecular weight is 201 g/mol. The Morgan fingerprint density at radius 2 is 2.07 bits per heavy atom. The maximum atomic E-state index is 4.26. The van der Waals surface area contributed by atoms with Gasteiger partial charge in [-0.3, -0.25) is 5.32 Å². The van der Waals surface area contributed by atoms with Crippen LogP contribution in [-0.4, -0.2) is 16.7 Å². The zero-order valence-electron chi connectivity index (χ0n) is 8.40. The highest BCUT2D eigenvalue weighted by Crippen LogP contribution is 2.15. The summed E-state index contributed by atoms with van der Waals surface area (Å²) in [6.45, 7) is 2.04. The van der Waals surface area contributed by atoms with Gasteiger partial charge in [-0.05, 0) is 12.1 Å². The molecule has 1 aliphatic heterocycles. The highest BCUT2D eigenvalue weighted by atomic mass is 15.4. The van der Waals surface area contributed by atoms with Crippen molar-refractivity contribution in [1.82, 2.24) is 10.2 Å². The van der Waals surface area contributed by atoms with Gasteiger partial charge in [-0.25, -0.2) is 4.57 Å². The standard InChI is InChI=1S/C11H12N4/c1-2-5-9(6-3-1)10-13-14-11-12-7-4-8-15(10)11/h1-3,5-6H,4,7-8H2,(H,12,14)/p+1. The van der Waals surface area contributed by atoms with Gasteiger partial charge in [-0.2, -0.15) is 5.10 Å². The zero-order chi connectivity index (χ0) is 10.1. The molecule has 0 fully saturated rings. The molecule has 2 aromatic rings. The van der Waals surface area contributed by atoms with Crippen LogP contribution in [-0.2, 0) is 6.54 Å². The van der Waals surface area contributed by atoms with Crippen LogP contribution in [0.2, 0.25) is 0 Å². The molecule has 1 aromatic heterocycles. The summed E-state index contributed by atoms with van der Waals surface area (Å²) in [7, 11) is 0. The first-order valence-electron chi connectivity index (χ1n) is 5.22. The lowest BCUT2D eigenvalue weighted by Gasteiger charge is -2.09. The Bertz CT molecular complexity index is 461. The normalized spacial score (nSPS) is 14.4. The van der Waals surface area contributed by atoms with Crippen LogP contribution in [0.15, 0.2) is 30.3 Å². The highest BCUT2D eigenvalue weighted by molar-refractivity contribution is 5.51. The molecule has 0 saturated carbocycles. The van der Waals surface area contributed by atoms with Crippen LogP contribution >= 0.6 is 0 Å². The molecule has 0 aliphatic carbocycles. The third-order valence-electron chi connectivity index (χ3n) is 2.68. The first-order valence-corrected chi connectivity index (χ1v) is 5.22. The van der Waals surface area contributed by atoms with Crippen LogP contribution in [0.3, 0.4) is 0 Å². The monoisotopic (exact) mass is 201 g/mol. The van der Waals surface area contributed by atoms with Gasteiger partial charge in [-0.15, -0.1) is 0 Å². The van der Waals surface area contributed by atoms with Gasteiger partial charge in [0.25, 0.3) is 0 Å². The maximum Gasteiger partial charge on any atom is 0.377 e. The van der Waals surface area contributed by atoms with Crippen molar-refractivity contribution in [3.05, 3.63) is 30.3 Å². The van der Waals surface area contributed by atoms with Crippen molar-refractivity contribution in [2.24, 2.45) is 0 Å². The Kier molecular flexibility index (Phi) is 1.91. The van der Waals surface area contributed by atoms with Crippen LogP contribution in [0.4, 0.5) is 5.95 Å². The van der Waals surface area contributed by atoms with E-state index in [0.717, 1.165) is 31.3 Å². The van der Waals surface area contributed by atoms with Crippen LogP contribution in [0.25, 0.3) is 11.4 Å². The first kappa shape index (κ1) is 8.47. The summed E-state index contributed by atoms with van der Waals surface area (Å²) in [6, 6.07) is 10.3. The van der Waals surface area contributed by atoms with Gasteiger partial charge in [0, 0.05) is 17.1 Å². The van der Waals surface area contributed by atoms with E-state index in [2.05, 4.69) is 32.2 Å². The fraction of sp³-hybridized carbons (Fsp3) is 0.273. The Hall–Kier alpha value is -1.84. The molecule has 1 aliphatic rings. The minimum atomic E-state index is 0.945. The zero-order valence-corrected chi connectivity index (χ0v) is 8.40. The van der Waals surface area contributed by atoms with E-state index in [9.17, 15) is 0 Å². The quantitative estimate of drug-likeness (QED) is 0.680. The minimum absolute atomic E-state index is 0.945. The fourth-order valence-electron chi connectivity index (χ4n) is 1.94. The van der Waals surface area contributed by atoms with Gasteiger partial charge in [0.15, 0.2) is 0 Å². The molecular weight excluding hydrogens is 188 g/mol. The van der Waals surface area contributed by atoms with E-state index in [1.165, 1.54) is 5.56 Å². The summed E-state index contributed by atoms with van der Waals surface area (Å²) >= 11 is 0. The van der Waals surface area contributed by atoms with E-state index in [1.54, 1.807) is 0 Å². The number of aromatic amines is 1. The molecule has 0 saturated heterocycles. The van der Waals surface area contributed by atoms with E-state index in [4.69, 9.17) is 0 Å². The second kappa shape index (κ2) is 3.38. The largest absolute Gasteiger partial charge is 0.377 e. The van der Waals surface area contributed by atoms with Crippen molar-refractivity contribution in [1.29, 1.82) is 0 Å². The molecule has 0 bridgehead atoms. The molecule has 0 atom stereocenters. The Labute approximate surface area is 88.0 Å². The topological polar surface area (TPSA) is 44.6 Å².